The van der Waals surface area contributed by atoms with Crippen molar-refractivity contribution in [3.8, 4) is 5.75 Å². The summed E-state index contributed by atoms with van der Waals surface area (Å²) in [4.78, 5) is 28.4. The van der Waals surface area contributed by atoms with Crippen molar-refractivity contribution in [2.24, 2.45) is 0 Å². The van der Waals surface area contributed by atoms with Crippen LogP contribution in [-0.4, -0.2) is 45.5 Å². The summed E-state index contributed by atoms with van der Waals surface area (Å²) in [6, 6.07) is 15.1. The van der Waals surface area contributed by atoms with E-state index in [0.29, 0.717) is 30.6 Å². The lowest BCUT2D eigenvalue weighted by molar-refractivity contribution is 0.0706. The number of ether oxygens (including phenoxy) is 1. The van der Waals surface area contributed by atoms with Gasteiger partial charge in [0.15, 0.2) is 0 Å². The highest BCUT2D eigenvalue weighted by atomic mass is 16.5. The number of rotatable bonds is 6. The van der Waals surface area contributed by atoms with E-state index in [1.165, 1.54) is 0 Å². The molecule has 4 rings (SSSR count). The minimum absolute atomic E-state index is 0.0753. The molecular weight excluding hydrogens is 390 g/mol. The lowest BCUT2D eigenvalue weighted by Crippen LogP contribution is -2.39. The minimum atomic E-state index is 0.0753. The number of nitrogens with one attached hydrogen (secondary N) is 1. The van der Waals surface area contributed by atoms with Gasteiger partial charge in [0.2, 0.25) is 0 Å². The van der Waals surface area contributed by atoms with Crippen LogP contribution >= 0.6 is 0 Å². The van der Waals surface area contributed by atoms with Crippen molar-refractivity contribution >= 4 is 17.5 Å². The molecular formula is C24H27N5O2. The molecule has 1 fully saturated rings. The molecule has 160 valence electrons. The second-order valence-electron chi connectivity index (χ2n) is 7.62. The third-order valence-corrected chi connectivity index (χ3v) is 5.30. The number of carbonyl (C=O) groups is 1. The number of nitrogens with zero attached hydrogens (tertiary/aromatic N) is 4. The van der Waals surface area contributed by atoms with Gasteiger partial charge >= 0.3 is 0 Å². The van der Waals surface area contributed by atoms with Crippen molar-refractivity contribution in [3.05, 3.63) is 71.8 Å². The lowest BCUT2D eigenvalue weighted by atomic mass is 9.94. The van der Waals surface area contributed by atoms with E-state index >= 15 is 0 Å². The van der Waals surface area contributed by atoms with E-state index in [1.54, 1.807) is 6.20 Å². The topological polar surface area (TPSA) is 80.2 Å². The number of pyridine rings is 1. The molecule has 1 N–H and O–H groups in total. The third kappa shape index (κ3) is 5.17. The molecule has 1 aromatic carbocycles. The van der Waals surface area contributed by atoms with Gasteiger partial charge in [0.25, 0.3) is 5.91 Å². The van der Waals surface area contributed by atoms with Gasteiger partial charge in [-0.15, -0.1) is 0 Å². The molecule has 1 aliphatic heterocycles. The number of likely N-dealkylation sites (tertiary alicyclic amines) is 1. The molecule has 1 aliphatic rings. The Labute approximate surface area is 182 Å². The van der Waals surface area contributed by atoms with E-state index in [9.17, 15) is 4.79 Å². The van der Waals surface area contributed by atoms with E-state index in [-0.39, 0.29) is 11.8 Å². The lowest BCUT2D eigenvalue weighted by Gasteiger charge is -2.32. The molecule has 31 heavy (non-hydrogen) atoms. The average Bonchev–Trinajstić information content (AvgIpc) is 2.79. The maximum atomic E-state index is 12.9. The quantitative estimate of drug-likeness (QED) is 0.643. The van der Waals surface area contributed by atoms with Crippen molar-refractivity contribution in [2.45, 2.75) is 32.6 Å². The van der Waals surface area contributed by atoms with Crippen LogP contribution in [-0.2, 0) is 0 Å². The van der Waals surface area contributed by atoms with Gasteiger partial charge < -0.3 is 15.0 Å². The predicted molar refractivity (Wildman–Crippen MR) is 120 cm³/mol. The Hall–Kier alpha value is -3.48. The first-order valence-corrected chi connectivity index (χ1v) is 10.7. The van der Waals surface area contributed by atoms with Gasteiger partial charge in [0, 0.05) is 42.9 Å². The Kier molecular flexibility index (Phi) is 6.40. The summed E-state index contributed by atoms with van der Waals surface area (Å²) in [7, 11) is 0. The largest absolute Gasteiger partial charge is 0.494 e. The van der Waals surface area contributed by atoms with Gasteiger partial charge in [-0.3, -0.25) is 4.79 Å². The Morgan fingerprint density at radius 3 is 2.81 bits per heavy atom. The number of aryl methyl sites for hydroxylation is 1. The molecule has 7 heteroatoms. The zero-order valence-electron chi connectivity index (χ0n) is 17.9. The molecule has 3 aromatic rings. The average molecular weight is 418 g/mol. The second kappa shape index (κ2) is 9.55. The van der Waals surface area contributed by atoms with Gasteiger partial charge in [-0.05, 0) is 44.9 Å². The number of hydrogen-bond acceptors (Lipinski definition) is 6. The van der Waals surface area contributed by atoms with Crippen LogP contribution in [0.5, 0.6) is 5.75 Å². The van der Waals surface area contributed by atoms with Crippen LogP contribution in [0.2, 0.25) is 0 Å². The van der Waals surface area contributed by atoms with Crippen LogP contribution in [0, 0.1) is 6.92 Å². The summed E-state index contributed by atoms with van der Waals surface area (Å²) in [6.07, 6.45) is 3.65. The van der Waals surface area contributed by atoms with Gasteiger partial charge in [-0.1, -0.05) is 18.2 Å². The Bertz CT molecular complexity index is 1040. The summed E-state index contributed by atoms with van der Waals surface area (Å²) >= 11 is 0. The van der Waals surface area contributed by atoms with E-state index in [4.69, 9.17) is 4.74 Å². The van der Waals surface area contributed by atoms with Crippen LogP contribution in [0.3, 0.4) is 0 Å². The molecule has 1 saturated heterocycles. The Balaban J connectivity index is 1.51. The first-order valence-electron chi connectivity index (χ1n) is 10.7. The highest BCUT2D eigenvalue weighted by molar-refractivity contribution is 5.94. The number of piperidine rings is 1. The Morgan fingerprint density at radius 2 is 2.00 bits per heavy atom. The summed E-state index contributed by atoms with van der Waals surface area (Å²) in [5.41, 5.74) is 1.67. The monoisotopic (exact) mass is 417 g/mol. The third-order valence-electron chi connectivity index (χ3n) is 5.30. The van der Waals surface area contributed by atoms with Crippen LogP contribution in [0.15, 0.2) is 54.7 Å². The maximum Gasteiger partial charge on any atom is 0.253 e. The zero-order chi connectivity index (χ0) is 21.6. The molecule has 3 heterocycles. The van der Waals surface area contributed by atoms with Crippen LogP contribution in [0.1, 0.15) is 47.6 Å². The van der Waals surface area contributed by atoms with Gasteiger partial charge in [0.1, 0.15) is 23.2 Å². The number of hydrogen-bond donors (Lipinski definition) is 1. The molecule has 0 saturated carbocycles. The zero-order valence-corrected chi connectivity index (χ0v) is 17.9. The number of carbonyl (C=O) groups excluding carboxylic acids is 1. The van der Waals surface area contributed by atoms with Crippen molar-refractivity contribution in [1.82, 2.24) is 19.9 Å². The SMILES string of the molecule is CCOc1ccnc(Nc2cc(C3CCCN(C(=O)c4ccccc4)C3)nc(C)n2)c1. The van der Waals surface area contributed by atoms with Crippen LogP contribution < -0.4 is 10.1 Å². The number of anilines is 2. The van der Waals surface area contributed by atoms with Crippen molar-refractivity contribution in [3.63, 3.8) is 0 Å². The standard InChI is InChI=1S/C24H27N5O2/c1-3-31-20-11-12-25-22(14-20)28-23-15-21(26-17(2)27-23)19-10-7-13-29(16-19)24(30)18-8-5-4-6-9-18/h4-6,8-9,11-12,14-15,19H,3,7,10,13,16H2,1-2H3,(H,25,26,27,28). The Morgan fingerprint density at radius 1 is 1.16 bits per heavy atom. The van der Waals surface area contributed by atoms with Crippen LogP contribution in [0.4, 0.5) is 11.6 Å². The first-order chi connectivity index (χ1) is 15.1. The molecule has 0 bridgehead atoms. The normalized spacial score (nSPS) is 16.1. The predicted octanol–water partition coefficient (Wildman–Crippen LogP) is 4.34. The summed E-state index contributed by atoms with van der Waals surface area (Å²) in [5, 5.41) is 3.26. The second-order valence-corrected chi connectivity index (χ2v) is 7.62. The molecule has 0 spiro atoms. The number of amides is 1. The number of benzene rings is 1. The smallest absolute Gasteiger partial charge is 0.253 e. The van der Waals surface area contributed by atoms with E-state index in [1.807, 2.05) is 67.3 Å². The molecule has 0 aliphatic carbocycles. The van der Waals surface area contributed by atoms with E-state index in [0.717, 1.165) is 36.4 Å². The van der Waals surface area contributed by atoms with Gasteiger partial charge in [-0.2, -0.15) is 0 Å². The van der Waals surface area contributed by atoms with Crippen molar-refractivity contribution < 1.29 is 9.53 Å². The first kappa shape index (κ1) is 20.8. The summed E-state index contributed by atoms with van der Waals surface area (Å²) in [6.45, 7) is 5.85. The van der Waals surface area contributed by atoms with E-state index < -0.39 is 0 Å². The highest BCUT2D eigenvalue weighted by Gasteiger charge is 2.26. The highest BCUT2D eigenvalue weighted by Crippen LogP contribution is 2.28. The molecule has 1 atom stereocenters. The molecule has 7 nitrogen and oxygen atoms in total. The number of aromatic nitrogens is 3. The van der Waals surface area contributed by atoms with Crippen molar-refractivity contribution in [1.29, 1.82) is 0 Å². The fraction of sp³-hybridized carbons (Fsp3) is 0.333. The fourth-order valence-electron chi connectivity index (χ4n) is 3.90. The molecule has 1 unspecified atom stereocenters. The maximum absolute atomic E-state index is 12.9. The minimum Gasteiger partial charge on any atom is -0.494 e. The van der Waals surface area contributed by atoms with Gasteiger partial charge in [0.05, 0.1) is 12.3 Å². The van der Waals surface area contributed by atoms with Gasteiger partial charge in [-0.25, -0.2) is 15.0 Å². The molecule has 1 amide bonds. The molecule has 0 radical (unpaired) electrons. The fourth-order valence-corrected chi connectivity index (χ4v) is 3.90. The molecule has 2 aromatic heterocycles. The summed E-state index contributed by atoms with van der Waals surface area (Å²) in [5.74, 6) is 3.05. The van der Waals surface area contributed by atoms with E-state index in [2.05, 4.69) is 20.3 Å². The van der Waals surface area contributed by atoms with Crippen LogP contribution in [0.25, 0.3) is 0 Å². The van der Waals surface area contributed by atoms with Crippen molar-refractivity contribution in [2.75, 3.05) is 25.0 Å². The summed E-state index contributed by atoms with van der Waals surface area (Å²) < 4.78 is 5.55.